The Hall–Kier alpha value is -2.38. The SMILES string of the molecule is N[C@H](COP(=O)(OC[C@@H](N)Cc1cnc[nH]1)OC[C@@H](N)Cc1cnc[nH]1)Cc1cnc[nH]1. The van der Waals surface area contributed by atoms with Crippen LogP contribution in [0.5, 0.6) is 0 Å². The second-order valence-electron chi connectivity index (χ2n) is 7.46. The highest BCUT2D eigenvalue weighted by molar-refractivity contribution is 7.48. The van der Waals surface area contributed by atoms with Gasteiger partial charge in [0.25, 0.3) is 0 Å². The Morgan fingerprint density at radius 2 is 1.00 bits per heavy atom. The second kappa shape index (κ2) is 12.0. The maximum absolute atomic E-state index is 13.2. The van der Waals surface area contributed by atoms with Crippen molar-refractivity contribution in [3.63, 3.8) is 0 Å². The molecule has 32 heavy (non-hydrogen) atoms. The topological polar surface area (TPSA) is 209 Å². The van der Waals surface area contributed by atoms with Gasteiger partial charge in [-0.3, -0.25) is 13.6 Å². The number of hydrogen-bond donors (Lipinski definition) is 6. The van der Waals surface area contributed by atoms with E-state index in [1.165, 1.54) is 0 Å². The van der Waals surface area contributed by atoms with Gasteiger partial charge in [-0.05, 0) is 0 Å². The summed E-state index contributed by atoms with van der Waals surface area (Å²) in [5.41, 5.74) is 20.8. The second-order valence-corrected chi connectivity index (χ2v) is 9.13. The Morgan fingerprint density at radius 1 is 0.688 bits per heavy atom. The molecule has 3 heterocycles. The van der Waals surface area contributed by atoms with Gasteiger partial charge < -0.3 is 32.2 Å². The molecular weight excluding hydrogens is 437 g/mol. The lowest BCUT2D eigenvalue weighted by Crippen LogP contribution is -2.32. The summed E-state index contributed by atoms with van der Waals surface area (Å²) in [6.07, 6.45) is 11.0. The lowest BCUT2D eigenvalue weighted by Gasteiger charge is -2.23. The zero-order chi connectivity index (χ0) is 22.8. The minimum Gasteiger partial charge on any atom is -0.348 e. The number of nitrogens with two attached hydrogens (primary N) is 3. The molecule has 0 saturated heterocycles. The average molecular weight is 467 g/mol. The number of nitrogens with one attached hydrogen (secondary N) is 3. The first-order chi connectivity index (χ1) is 15.4. The summed E-state index contributed by atoms with van der Waals surface area (Å²) in [6.45, 7) is -0.161. The van der Waals surface area contributed by atoms with Crippen LogP contribution in [-0.4, -0.2) is 67.9 Å². The van der Waals surface area contributed by atoms with Crippen LogP contribution in [0.3, 0.4) is 0 Å². The summed E-state index contributed by atoms with van der Waals surface area (Å²) in [5.74, 6) is 0. The number of hydrogen-bond acceptors (Lipinski definition) is 10. The van der Waals surface area contributed by atoms with Crippen LogP contribution in [-0.2, 0) is 37.4 Å². The fraction of sp³-hybridized carbons (Fsp3) is 0.500. The molecule has 0 unspecified atom stereocenters. The van der Waals surface area contributed by atoms with Gasteiger partial charge in [0.15, 0.2) is 0 Å². The number of phosphoric acid groups is 1. The number of rotatable bonds is 15. The van der Waals surface area contributed by atoms with E-state index in [9.17, 15) is 4.57 Å². The Morgan fingerprint density at radius 3 is 1.25 bits per heavy atom. The summed E-state index contributed by atoms with van der Waals surface area (Å²) in [6, 6.07) is -1.35. The van der Waals surface area contributed by atoms with Gasteiger partial charge in [0.2, 0.25) is 0 Å². The van der Waals surface area contributed by atoms with Crippen LogP contribution in [0.2, 0.25) is 0 Å². The normalized spacial score (nSPS) is 15.0. The Kier molecular flexibility index (Phi) is 9.11. The summed E-state index contributed by atoms with van der Waals surface area (Å²) >= 11 is 0. The largest absolute Gasteiger partial charge is 0.474 e. The van der Waals surface area contributed by atoms with E-state index in [1.54, 1.807) is 37.6 Å². The van der Waals surface area contributed by atoms with Crippen LogP contribution in [0.4, 0.5) is 0 Å². The van der Waals surface area contributed by atoms with E-state index in [2.05, 4.69) is 29.9 Å². The number of aromatic amines is 3. The smallest absolute Gasteiger partial charge is 0.348 e. The molecule has 0 spiro atoms. The first kappa shape index (κ1) is 24.3. The first-order valence-electron chi connectivity index (χ1n) is 10.1. The zero-order valence-electron chi connectivity index (χ0n) is 17.6. The van der Waals surface area contributed by atoms with Crippen molar-refractivity contribution in [3.05, 3.63) is 54.7 Å². The van der Waals surface area contributed by atoms with Crippen LogP contribution in [0, 0.1) is 0 Å². The quantitative estimate of drug-likeness (QED) is 0.165. The molecule has 0 fully saturated rings. The average Bonchev–Trinajstić information content (AvgIpc) is 3.54. The van der Waals surface area contributed by atoms with Gasteiger partial charge in [-0.1, -0.05) is 0 Å². The van der Waals surface area contributed by atoms with Crippen molar-refractivity contribution in [2.24, 2.45) is 17.2 Å². The predicted octanol–water partition coefficient (Wildman–Crippen LogP) is 0.0236. The van der Waals surface area contributed by atoms with E-state index < -0.39 is 25.9 Å². The van der Waals surface area contributed by atoms with E-state index >= 15 is 0 Å². The van der Waals surface area contributed by atoms with Crippen molar-refractivity contribution < 1.29 is 18.1 Å². The number of phosphoric ester groups is 1. The molecule has 3 rings (SSSR count). The number of imidazole rings is 3. The molecule has 0 aliphatic rings. The first-order valence-corrected chi connectivity index (χ1v) is 11.6. The number of aromatic nitrogens is 6. The highest BCUT2D eigenvalue weighted by atomic mass is 31.2. The fourth-order valence-corrected chi connectivity index (χ4v) is 4.23. The molecule has 0 bridgehead atoms. The van der Waals surface area contributed by atoms with Crippen molar-refractivity contribution in [1.29, 1.82) is 0 Å². The van der Waals surface area contributed by atoms with Crippen molar-refractivity contribution >= 4 is 7.82 Å². The minimum atomic E-state index is -3.97. The Labute approximate surface area is 185 Å². The van der Waals surface area contributed by atoms with Gasteiger partial charge in [-0.15, -0.1) is 0 Å². The minimum absolute atomic E-state index is 0.0537. The van der Waals surface area contributed by atoms with E-state index in [4.69, 9.17) is 30.8 Å². The van der Waals surface area contributed by atoms with Crippen LogP contribution in [0.15, 0.2) is 37.6 Å². The van der Waals surface area contributed by atoms with E-state index in [1.807, 2.05) is 0 Å². The van der Waals surface area contributed by atoms with E-state index in [-0.39, 0.29) is 19.8 Å². The molecule has 0 amide bonds. The zero-order valence-corrected chi connectivity index (χ0v) is 18.5. The molecule has 3 atom stereocenters. The summed E-state index contributed by atoms with van der Waals surface area (Å²) in [4.78, 5) is 20.7. The Balaban J connectivity index is 1.53. The monoisotopic (exact) mass is 467 g/mol. The molecule has 0 aliphatic heterocycles. The van der Waals surface area contributed by atoms with Gasteiger partial charge in [-0.2, -0.15) is 0 Å². The predicted molar refractivity (Wildman–Crippen MR) is 116 cm³/mol. The van der Waals surface area contributed by atoms with Gasteiger partial charge in [0, 0.05) is 73.1 Å². The summed E-state index contributed by atoms with van der Waals surface area (Å²) in [7, 11) is -3.97. The highest BCUT2D eigenvalue weighted by Gasteiger charge is 2.30. The van der Waals surface area contributed by atoms with Gasteiger partial charge in [0.1, 0.15) is 0 Å². The van der Waals surface area contributed by atoms with Crippen LogP contribution in [0.25, 0.3) is 0 Å². The molecule has 0 radical (unpaired) electrons. The van der Waals surface area contributed by atoms with Crippen molar-refractivity contribution in [3.8, 4) is 0 Å². The van der Waals surface area contributed by atoms with E-state index in [0.717, 1.165) is 17.1 Å². The Bertz CT molecular complexity index is 801. The van der Waals surface area contributed by atoms with Crippen molar-refractivity contribution in [2.75, 3.05) is 19.8 Å². The standard InChI is InChI=1S/C18H30N9O4P/c19-13(1-16-4-22-10-25-16)7-29-32(28,30-8-14(20)2-17-5-23-11-26-17)31-9-15(21)3-18-6-24-12-27-18/h4-6,10-15H,1-3,7-9,19-21H2,(H,22,25)(H,23,26)(H,24,27)/t13-,14-,15-/m0/s1. The number of nitrogens with zero attached hydrogens (tertiary/aromatic N) is 3. The molecule has 3 aromatic rings. The maximum Gasteiger partial charge on any atom is 0.474 e. The molecule has 0 aliphatic carbocycles. The summed E-state index contributed by atoms with van der Waals surface area (Å²) < 4.78 is 29.8. The molecular formula is C18H30N9O4P. The van der Waals surface area contributed by atoms with Gasteiger partial charge in [0.05, 0.1) is 38.8 Å². The molecule has 9 N–H and O–H groups in total. The van der Waals surface area contributed by atoms with Crippen LogP contribution < -0.4 is 17.2 Å². The van der Waals surface area contributed by atoms with E-state index in [0.29, 0.717) is 19.3 Å². The molecule has 0 aromatic carbocycles. The third-order valence-electron chi connectivity index (χ3n) is 4.45. The van der Waals surface area contributed by atoms with Crippen LogP contribution in [0.1, 0.15) is 17.1 Å². The third kappa shape index (κ3) is 8.28. The summed E-state index contributed by atoms with van der Waals surface area (Å²) in [5, 5.41) is 0. The molecule has 14 heteroatoms. The molecule has 0 saturated carbocycles. The molecule has 176 valence electrons. The molecule has 13 nitrogen and oxygen atoms in total. The van der Waals surface area contributed by atoms with Crippen molar-refractivity contribution in [2.45, 2.75) is 37.4 Å². The highest BCUT2D eigenvalue weighted by Crippen LogP contribution is 2.49. The molecule has 3 aromatic heterocycles. The lowest BCUT2D eigenvalue weighted by atomic mass is 10.2. The third-order valence-corrected chi connectivity index (χ3v) is 5.85. The van der Waals surface area contributed by atoms with Gasteiger partial charge in [-0.25, -0.2) is 19.5 Å². The maximum atomic E-state index is 13.2. The van der Waals surface area contributed by atoms with Crippen molar-refractivity contribution in [1.82, 2.24) is 29.9 Å². The van der Waals surface area contributed by atoms with Crippen LogP contribution >= 0.6 is 7.82 Å². The fourth-order valence-electron chi connectivity index (χ4n) is 2.89. The van der Waals surface area contributed by atoms with Gasteiger partial charge >= 0.3 is 7.82 Å². The lowest BCUT2D eigenvalue weighted by molar-refractivity contribution is 0.0988. The number of H-pyrrole nitrogens is 3.